The van der Waals surface area contributed by atoms with E-state index in [1.807, 2.05) is 32.5 Å². The van der Waals surface area contributed by atoms with E-state index in [0.717, 1.165) is 30.7 Å². The summed E-state index contributed by atoms with van der Waals surface area (Å²) in [5, 5.41) is 0. The molecule has 2 heterocycles. The number of nitrogens with one attached hydrogen (secondary N) is 1. The van der Waals surface area contributed by atoms with Gasteiger partial charge in [-0.05, 0) is 38.0 Å². The maximum absolute atomic E-state index is 13.5. The first-order valence-corrected chi connectivity index (χ1v) is 14.1. The van der Waals surface area contributed by atoms with Crippen LogP contribution in [-0.4, -0.2) is 55.3 Å². The lowest BCUT2D eigenvalue weighted by Gasteiger charge is -2.21. The minimum atomic E-state index is -4.68. The molecule has 0 aliphatic carbocycles. The van der Waals surface area contributed by atoms with Crippen LogP contribution in [0.25, 0.3) is 0 Å². The van der Waals surface area contributed by atoms with Gasteiger partial charge in [0, 0.05) is 37.4 Å². The minimum absolute atomic E-state index is 0.0650. The van der Waals surface area contributed by atoms with Crippen molar-refractivity contribution in [1.29, 1.82) is 0 Å². The van der Waals surface area contributed by atoms with Crippen LogP contribution in [0.15, 0.2) is 29.3 Å². The average molecular weight is 561 g/mol. The average Bonchev–Trinajstić information content (AvgIpc) is 3.45. The van der Waals surface area contributed by atoms with Crippen LogP contribution in [0.4, 0.5) is 13.2 Å². The van der Waals surface area contributed by atoms with Gasteiger partial charge in [-0.1, -0.05) is 20.8 Å². The van der Waals surface area contributed by atoms with Gasteiger partial charge in [0.05, 0.1) is 29.5 Å². The van der Waals surface area contributed by atoms with Crippen molar-refractivity contribution in [2.24, 2.45) is 12.0 Å². The van der Waals surface area contributed by atoms with E-state index < -0.39 is 27.7 Å². The number of nitrogens with zero attached hydrogens (tertiary/aromatic N) is 3. The number of sulfonamides is 1. The van der Waals surface area contributed by atoms with Crippen LogP contribution in [0.5, 0.6) is 5.75 Å². The molecular weight excluding hydrogens is 525 g/mol. The van der Waals surface area contributed by atoms with E-state index in [0.29, 0.717) is 19.2 Å². The first-order chi connectivity index (χ1) is 17.6. The summed E-state index contributed by atoms with van der Waals surface area (Å²) >= 11 is 0. The summed E-state index contributed by atoms with van der Waals surface area (Å²) in [6, 6.07) is 4.31. The van der Waals surface area contributed by atoms with Crippen molar-refractivity contribution in [3.8, 4) is 5.75 Å². The summed E-state index contributed by atoms with van der Waals surface area (Å²) in [7, 11) is -1.63. The summed E-state index contributed by atoms with van der Waals surface area (Å²) in [5.41, 5.74) is -0.517. The second-order valence-corrected chi connectivity index (χ2v) is 12.2. The molecule has 212 valence electrons. The minimum Gasteiger partial charge on any atom is -0.491 e. The zero-order valence-corrected chi connectivity index (χ0v) is 23.1. The molecule has 1 aromatic heterocycles. The molecule has 38 heavy (non-hydrogen) atoms. The molecule has 1 saturated heterocycles. The van der Waals surface area contributed by atoms with Gasteiger partial charge in [0.2, 0.25) is 10.0 Å². The van der Waals surface area contributed by atoms with Crippen molar-refractivity contribution in [2.75, 3.05) is 25.5 Å². The Morgan fingerprint density at radius 2 is 1.95 bits per heavy atom. The highest BCUT2D eigenvalue weighted by Gasteiger charge is 2.32. The molecule has 0 radical (unpaired) electrons. The fourth-order valence-corrected chi connectivity index (χ4v) is 4.79. The number of ether oxygens (including phenoxy) is 2. The summed E-state index contributed by atoms with van der Waals surface area (Å²) in [4.78, 5) is 17.6. The topological polar surface area (TPSA) is 104 Å². The van der Waals surface area contributed by atoms with E-state index in [-0.39, 0.29) is 47.2 Å². The molecule has 1 fully saturated rings. The lowest BCUT2D eigenvalue weighted by atomic mass is 9.92. The van der Waals surface area contributed by atoms with Gasteiger partial charge in [0.1, 0.15) is 12.4 Å². The molecule has 1 aromatic carbocycles. The zero-order chi connectivity index (χ0) is 28.3. The lowest BCUT2D eigenvalue weighted by Crippen LogP contribution is -2.30. The fraction of sp³-hybridized carbons (Fsp3) is 0.600. The third kappa shape index (κ3) is 7.48. The predicted octanol–water partition coefficient (Wildman–Crippen LogP) is 3.38. The number of halogens is 3. The zero-order valence-electron chi connectivity index (χ0n) is 22.3. The second kappa shape index (κ2) is 11.6. The Kier molecular flexibility index (Phi) is 9.15. The summed E-state index contributed by atoms with van der Waals surface area (Å²) in [5.74, 6) is -1.16. The largest absolute Gasteiger partial charge is 0.491 e. The Labute approximate surface area is 220 Å². The van der Waals surface area contributed by atoms with Gasteiger partial charge >= 0.3 is 6.18 Å². The molecule has 1 amide bonds. The molecule has 3 rings (SSSR count). The van der Waals surface area contributed by atoms with Crippen LogP contribution in [0.1, 0.15) is 62.2 Å². The molecule has 1 aliphatic heterocycles. The monoisotopic (exact) mass is 560 g/mol. The highest BCUT2D eigenvalue weighted by Crippen LogP contribution is 2.33. The Hall–Kier alpha value is -2.64. The first kappa shape index (κ1) is 29.9. The SMILES string of the molecule is CCS(=O)(=O)NCCOc1ccc(C(F)(F)F)cc1C(=O)N=c1cc(C(C)(C)C)n(C)n1C[C@H]1CCCO1. The van der Waals surface area contributed by atoms with E-state index in [4.69, 9.17) is 9.47 Å². The van der Waals surface area contributed by atoms with E-state index >= 15 is 0 Å². The predicted molar refractivity (Wildman–Crippen MR) is 135 cm³/mol. The number of hydrogen-bond acceptors (Lipinski definition) is 5. The van der Waals surface area contributed by atoms with Crippen LogP contribution in [0.2, 0.25) is 0 Å². The third-order valence-electron chi connectivity index (χ3n) is 6.23. The highest BCUT2D eigenvalue weighted by atomic mass is 32.2. The van der Waals surface area contributed by atoms with Crippen LogP contribution in [0.3, 0.4) is 0 Å². The number of hydrogen-bond donors (Lipinski definition) is 1. The normalized spacial score (nSPS) is 17.3. The standard InChI is InChI=1S/C25H35F3N4O5S/c1-6-38(34,35)29-11-13-37-20-10-9-17(25(26,27)28)14-19(20)23(33)30-22-15-21(24(2,3)4)31(5)32(22)16-18-8-7-12-36-18/h9-10,14-15,18,29H,6-8,11-13,16H2,1-5H3/t18-/m1/s1. The molecule has 1 N–H and O–H groups in total. The number of rotatable bonds is 9. The van der Waals surface area contributed by atoms with Crippen molar-refractivity contribution < 1.29 is 35.9 Å². The molecule has 13 heteroatoms. The van der Waals surface area contributed by atoms with E-state index in [1.165, 1.54) is 6.92 Å². The second-order valence-electron chi connectivity index (χ2n) is 10.2. The molecule has 1 atom stereocenters. The first-order valence-electron chi connectivity index (χ1n) is 12.4. The number of aromatic nitrogens is 2. The molecule has 0 saturated carbocycles. The quantitative estimate of drug-likeness (QED) is 0.474. The van der Waals surface area contributed by atoms with Gasteiger partial charge in [-0.3, -0.25) is 14.2 Å². The molecule has 1 aliphatic rings. The van der Waals surface area contributed by atoms with Gasteiger partial charge in [-0.2, -0.15) is 18.2 Å². The Morgan fingerprint density at radius 1 is 1.24 bits per heavy atom. The summed E-state index contributed by atoms with van der Waals surface area (Å²) < 4.78 is 80.9. The van der Waals surface area contributed by atoms with Crippen LogP contribution in [0, 0.1) is 0 Å². The molecule has 2 aromatic rings. The maximum Gasteiger partial charge on any atom is 0.416 e. The highest BCUT2D eigenvalue weighted by molar-refractivity contribution is 7.89. The Bertz CT molecular complexity index is 1320. The van der Waals surface area contributed by atoms with Crippen molar-refractivity contribution in [3.63, 3.8) is 0 Å². The van der Waals surface area contributed by atoms with E-state index in [9.17, 15) is 26.4 Å². The van der Waals surface area contributed by atoms with Crippen molar-refractivity contribution in [3.05, 3.63) is 46.6 Å². The smallest absolute Gasteiger partial charge is 0.416 e. The van der Waals surface area contributed by atoms with Gasteiger partial charge < -0.3 is 9.47 Å². The summed E-state index contributed by atoms with van der Waals surface area (Å²) in [6.45, 7) is 8.27. The maximum atomic E-state index is 13.5. The van der Waals surface area contributed by atoms with E-state index in [2.05, 4.69) is 9.71 Å². The summed E-state index contributed by atoms with van der Waals surface area (Å²) in [6.07, 6.45) is -2.98. The molecule has 0 bridgehead atoms. The van der Waals surface area contributed by atoms with Gasteiger partial charge in [-0.25, -0.2) is 13.1 Å². The van der Waals surface area contributed by atoms with Crippen LogP contribution < -0.4 is 14.9 Å². The van der Waals surface area contributed by atoms with Crippen molar-refractivity contribution >= 4 is 15.9 Å². The van der Waals surface area contributed by atoms with Crippen LogP contribution in [-0.2, 0) is 39.9 Å². The molecule has 9 nitrogen and oxygen atoms in total. The number of alkyl halides is 3. The fourth-order valence-electron chi connectivity index (χ4n) is 4.19. The number of carbonyl (C=O) groups is 1. The molecular formula is C25H35F3N4O5S. The van der Waals surface area contributed by atoms with Gasteiger partial charge in [-0.15, -0.1) is 0 Å². The Morgan fingerprint density at radius 3 is 2.53 bits per heavy atom. The third-order valence-corrected chi connectivity index (χ3v) is 7.63. The molecule has 0 spiro atoms. The Balaban J connectivity index is 2.01. The molecule has 0 unspecified atom stereocenters. The van der Waals surface area contributed by atoms with Crippen molar-refractivity contribution in [2.45, 2.75) is 64.8 Å². The van der Waals surface area contributed by atoms with Crippen LogP contribution >= 0.6 is 0 Å². The number of amides is 1. The van der Waals surface area contributed by atoms with Gasteiger partial charge in [0.15, 0.2) is 5.49 Å². The lowest BCUT2D eigenvalue weighted by molar-refractivity contribution is -0.137. The van der Waals surface area contributed by atoms with Gasteiger partial charge in [0.25, 0.3) is 5.91 Å². The van der Waals surface area contributed by atoms with Crippen molar-refractivity contribution in [1.82, 2.24) is 14.1 Å². The number of carbonyl (C=O) groups excluding carboxylic acids is 1. The van der Waals surface area contributed by atoms with E-state index in [1.54, 1.807) is 10.7 Å². The number of benzene rings is 1.